The first kappa shape index (κ1) is 12.9. The molecule has 0 rings (SSSR count). The fourth-order valence-corrected chi connectivity index (χ4v) is 1.07. The van der Waals surface area contributed by atoms with Crippen LogP contribution in [-0.4, -0.2) is 43.4 Å². The van der Waals surface area contributed by atoms with Gasteiger partial charge in [0.25, 0.3) is 0 Å². The Labute approximate surface area is 84.6 Å². The first-order valence-corrected chi connectivity index (χ1v) is 4.72. The predicted octanol–water partition coefficient (Wildman–Crippen LogP) is -0.824. The van der Waals surface area contributed by atoms with E-state index in [1.807, 2.05) is 13.8 Å². The summed E-state index contributed by atoms with van der Waals surface area (Å²) in [5, 5.41) is 2.43. The van der Waals surface area contributed by atoms with Gasteiger partial charge in [-0.1, -0.05) is 13.8 Å². The van der Waals surface area contributed by atoms with E-state index in [4.69, 9.17) is 5.73 Å². The molecule has 14 heavy (non-hydrogen) atoms. The third-order valence-corrected chi connectivity index (χ3v) is 1.61. The van der Waals surface area contributed by atoms with Crippen LogP contribution in [0.15, 0.2) is 0 Å². The second-order valence-corrected chi connectivity index (χ2v) is 3.62. The molecule has 0 unspecified atom stereocenters. The van der Waals surface area contributed by atoms with E-state index < -0.39 is 11.8 Å². The lowest BCUT2D eigenvalue weighted by Gasteiger charge is -2.18. The normalized spacial score (nSPS) is 10.1. The molecule has 2 amide bonds. The van der Waals surface area contributed by atoms with Gasteiger partial charge >= 0.3 is 11.8 Å². The van der Waals surface area contributed by atoms with Gasteiger partial charge in [0.05, 0.1) is 0 Å². The number of carbonyl (C=O) groups is 2. The molecule has 3 N–H and O–H groups in total. The highest BCUT2D eigenvalue weighted by Crippen LogP contribution is 1.95. The Hall–Kier alpha value is -1.10. The molecule has 0 saturated carbocycles. The Morgan fingerprint density at radius 1 is 1.43 bits per heavy atom. The molecule has 0 aromatic rings. The van der Waals surface area contributed by atoms with Crippen LogP contribution in [0.3, 0.4) is 0 Å². The van der Waals surface area contributed by atoms with E-state index in [-0.39, 0.29) is 0 Å². The molecule has 0 aliphatic heterocycles. The summed E-state index contributed by atoms with van der Waals surface area (Å²) in [6.07, 6.45) is 0. The van der Waals surface area contributed by atoms with Crippen molar-refractivity contribution in [3.8, 4) is 0 Å². The Morgan fingerprint density at radius 3 is 2.43 bits per heavy atom. The number of nitrogens with one attached hydrogen (secondary N) is 1. The zero-order valence-electron chi connectivity index (χ0n) is 9.04. The molecule has 0 atom stereocenters. The summed E-state index contributed by atoms with van der Waals surface area (Å²) in [4.78, 5) is 23.9. The van der Waals surface area contributed by atoms with Gasteiger partial charge in [-0.05, 0) is 5.92 Å². The molecule has 0 fully saturated rings. The van der Waals surface area contributed by atoms with Crippen LogP contribution in [0.1, 0.15) is 13.8 Å². The highest BCUT2D eigenvalue weighted by Gasteiger charge is 2.18. The maximum Gasteiger partial charge on any atom is 0.311 e. The summed E-state index contributed by atoms with van der Waals surface area (Å²) in [5.41, 5.74) is 5.19. The lowest BCUT2D eigenvalue weighted by atomic mass is 10.2. The second-order valence-electron chi connectivity index (χ2n) is 3.62. The summed E-state index contributed by atoms with van der Waals surface area (Å²) in [7, 11) is 1.62. The Bertz CT molecular complexity index is 204. The first-order chi connectivity index (χ1) is 6.49. The highest BCUT2D eigenvalue weighted by molar-refractivity contribution is 6.34. The van der Waals surface area contributed by atoms with Gasteiger partial charge in [-0.15, -0.1) is 0 Å². The van der Waals surface area contributed by atoms with E-state index in [2.05, 4.69) is 5.32 Å². The molecular weight excluding hydrogens is 182 g/mol. The van der Waals surface area contributed by atoms with Gasteiger partial charge in [-0.25, -0.2) is 0 Å². The zero-order valence-corrected chi connectivity index (χ0v) is 9.04. The zero-order chi connectivity index (χ0) is 11.1. The molecule has 0 aliphatic carbocycles. The van der Waals surface area contributed by atoms with Crippen LogP contribution in [0.25, 0.3) is 0 Å². The van der Waals surface area contributed by atoms with Gasteiger partial charge in [0.2, 0.25) is 0 Å². The van der Waals surface area contributed by atoms with Crippen molar-refractivity contribution >= 4 is 11.8 Å². The molecule has 0 aliphatic rings. The quantitative estimate of drug-likeness (QED) is 0.583. The molecular formula is C9H19N3O2. The summed E-state index contributed by atoms with van der Waals surface area (Å²) in [6.45, 7) is 5.23. The SMILES string of the molecule is CC(C)CN(C)C(=O)C(=O)NCCN. The van der Waals surface area contributed by atoms with E-state index >= 15 is 0 Å². The third-order valence-electron chi connectivity index (χ3n) is 1.61. The Kier molecular flexibility index (Phi) is 5.87. The minimum atomic E-state index is -0.585. The van der Waals surface area contributed by atoms with E-state index in [9.17, 15) is 9.59 Å². The molecule has 5 nitrogen and oxygen atoms in total. The monoisotopic (exact) mass is 201 g/mol. The molecule has 0 saturated heterocycles. The van der Waals surface area contributed by atoms with Crippen LogP contribution in [0.5, 0.6) is 0 Å². The van der Waals surface area contributed by atoms with Crippen LogP contribution < -0.4 is 11.1 Å². The van der Waals surface area contributed by atoms with E-state index in [0.717, 1.165) is 0 Å². The van der Waals surface area contributed by atoms with Gasteiger partial charge in [0.1, 0.15) is 0 Å². The van der Waals surface area contributed by atoms with Gasteiger partial charge < -0.3 is 16.0 Å². The number of carbonyl (C=O) groups excluding carboxylic acids is 2. The Morgan fingerprint density at radius 2 is 2.00 bits per heavy atom. The van der Waals surface area contributed by atoms with Gasteiger partial charge in [-0.2, -0.15) is 0 Å². The third kappa shape index (κ3) is 4.81. The molecule has 0 bridgehead atoms. The Balaban J connectivity index is 3.98. The fraction of sp³-hybridized carbons (Fsp3) is 0.778. The average Bonchev–Trinajstić information content (AvgIpc) is 2.11. The molecule has 82 valence electrons. The molecule has 0 radical (unpaired) electrons. The lowest BCUT2D eigenvalue weighted by Crippen LogP contribution is -2.43. The topological polar surface area (TPSA) is 75.4 Å². The highest BCUT2D eigenvalue weighted by atomic mass is 16.2. The number of rotatable bonds is 4. The van der Waals surface area contributed by atoms with E-state index in [1.165, 1.54) is 4.90 Å². The van der Waals surface area contributed by atoms with Gasteiger partial charge in [-0.3, -0.25) is 9.59 Å². The minimum absolute atomic E-state index is 0.333. The molecule has 0 aromatic carbocycles. The maximum absolute atomic E-state index is 11.4. The summed E-state index contributed by atoms with van der Waals surface area (Å²) < 4.78 is 0. The summed E-state index contributed by atoms with van der Waals surface area (Å²) >= 11 is 0. The van der Waals surface area contributed by atoms with Crippen molar-refractivity contribution in [2.24, 2.45) is 11.7 Å². The van der Waals surface area contributed by atoms with E-state index in [1.54, 1.807) is 7.05 Å². The maximum atomic E-state index is 11.4. The summed E-state index contributed by atoms with van der Waals surface area (Å²) in [5.74, 6) is -0.739. The van der Waals surface area contributed by atoms with E-state index in [0.29, 0.717) is 25.6 Å². The average molecular weight is 201 g/mol. The van der Waals surface area contributed by atoms with Crippen LogP contribution in [0, 0.1) is 5.92 Å². The van der Waals surface area contributed by atoms with Crippen LogP contribution in [0.4, 0.5) is 0 Å². The largest absolute Gasteiger partial charge is 0.347 e. The number of nitrogens with zero attached hydrogens (tertiary/aromatic N) is 1. The lowest BCUT2D eigenvalue weighted by molar-refractivity contribution is -0.145. The molecule has 0 aromatic heterocycles. The van der Waals surface area contributed by atoms with Crippen LogP contribution >= 0.6 is 0 Å². The molecule has 0 spiro atoms. The van der Waals surface area contributed by atoms with Crippen molar-refractivity contribution in [1.82, 2.24) is 10.2 Å². The minimum Gasteiger partial charge on any atom is -0.347 e. The first-order valence-electron chi connectivity index (χ1n) is 4.72. The summed E-state index contributed by atoms with van der Waals surface area (Å²) in [6, 6.07) is 0. The van der Waals surface area contributed by atoms with Crippen molar-refractivity contribution in [2.75, 3.05) is 26.7 Å². The van der Waals surface area contributed by atoms with Gasteiger partial charge in [0, 0.05) is 26.7 Å². The van der Waals surface area contributed by atoms with Crippen molar-refractivity contribution in [1.29, 1.82) is 0 Å². The number of likely N-dealkylation sites (N-methyl/N-ethyl adjacent to an activating group) is 1. The van der Waals surface area contributed by atoms with Crippen molar-refractivity contribution < 1.29 is 9.59 Å². The number of hydrogen-bond donors (Lipinski definition) is 2. The van der Waals surface area contributed by atoms with Crippen molar-refractivity contribution in [3.63, 3.8) is 0 Å². The number of nitrogens with two attached hydrogens (primary N) is 1. The molecule has 5 heteroatoms. The smallest absolute Gasteiger partial charge is 0.311 e. The number of amides is 2. The standard InChI is InChI=1S/C9H19N3O2/c1-7(2)6-12(3)9(14)8(13)11-5-4-10/h7H,4-6,10H2,1-3H3,(H,11,13). The van der Waals surface area contributed by atoms with Crippen molar-refractivity contribution in [2.45, 2.75) is 13.8 Å². The fourth-order valence-electron chi connectivity index (χ4n) is 1.07. The predicted molar refractivity (Wildman–Crippen MR) is 54.5 cm³/mol. The van der Waals surface area contributed by atoms with Crippen LogP contribution in [0.2, 0.25) is 0 Å². The van der Waals surface area contributed by atoms with Crippen molar-refractivity contribution in [3.05, 3.63) is 0 Å². The molecule has 0 heterocycles. The second kappa shape index (κ2) is 6.37. The number of hydrogen-bond acceptors (Lipinski definition) is 3. The van der Waals surface area contributed by atoms with Crippen LogP contribution in [-0.2, 0) is 9.59 Å². The van der Waals surface area contributed by atoms with Gasteiger partial charge in [0.15, 0.2) is 0 Å².